The van der Waals surface area contributed by atoms with E-state index in [4.69, 9.17) is 63.7 Å². The second kappa shape index (κ2) is 17.1. The van der Waals surface area contributed by atoms with Crippen LogP contribution in [0.2, 0.25) is 0 Å². The highest BCUT2D eigenvalue weighted by molar-refractivity contribution is 7.50. The number of hydrogen-bond acceptors (Lipinski definition) is 10. The van der Waals surface area contributed by atoms with E-state index in [0.717, 1.165) is 0 Å². The van der Waals surface area contributed by atoms with Gasteiger partial charge in [0.1, 0.15) is 0 Å². The second-order valence-corrected chi connectivity index (χ2v) is 10.6. The molecule has 0 radical (unpaired) electrons. The summed E-state index contributed by atoms with van der Waals surface area (Å²) in [6, 6.07) is 0. The van der Waals surface area contributed by atoms with E-state index >= 15 is 0 Å². The van der Waals surface area contributed by atoms with Gasteiger partial charge in [0.15, 0.2) is 0 Å². The van der Waals surface area contributed by atoms with Crippen LogP contribution < -0.4 is 0 Å². The first-order valence-corrected chi connectivity index (χ1v) is 13.1. The quantitative estimate of drug-likeness (QED) is 0.149. The van der Waals surface area contributed by atoms with Gasteiger partial charge in [-0.3, -0.25) is 0 Å². The van der Waals surface area contributed by atoms with Gasteiger partial charge in [0.05, 0.1) is 36.0 Å². The normalized spacial score (nSPS) is 17.1. The minimum atomic E-state index is -5.13. The van der Waals surface area contributed by atoms with Crippen molar-refractivity contribution in [2.24, 2.45) is 0 Å². The van der Waals surface area contributed by atoms with Crippen LogP contribution in [-0.4, -0.2) is 69.2 Å². The van der Waals surface area contributed by atoms with E-state index in [9.17, 15) is 18.9 Å². The van der Waals surface area contributed by atoms with E-state index in [1.165, 1.54) is 39.0 Å². The van der Waals surface area contributed by atoms with Gasteiger partial charge in [-0.2, -0.15) is 4.57 Å². The van der Waals surface area contributed by atoms with E-state index in [-0.39, 0.29) is 55.8 Å². The van der Waals surface area contributed by atoms with Crippen molar-refractivity contribution in [1.82, 2.24) is 0 Å². The minimum absolute atomic E-state index is 0.0709. The summed E-state index contributed by atoms with van der Waals surface area (Å²) in [5.74, 6) is -3.66. The lowest BCUT2D eigenvalue weighted by atomic mass is 10.2. The van der Waals surface area contributed by atoms with Crippen LogP contribution in [0.5, 0.6) is 0 Å². The highest BCUT2D eigenvalue weighted by Gasteiger charge is 2.40. The van der Waals surface area contributed by atoms with E-state index in [2.05, 4.69) is 0 Å². The fourth-order valence-electron chi connectivity index (χ4n) is 1.96. The van der Waals surface area contributed by atoms with Crippen molar-refractivity contribution < 1.29 is 47.8 Å². The molecule has 0 aliphatic carbocycles. The van der Waals surface area contributed by atoms with Gasteiger partial charge < -0.3 is 28.9 Å². The largest absolute Gasteiger partial charge is 0.654 e. The van der Waals surface area contributed by atoms with Crippen molar-refractivity contribution in [2.45, 2.75) is 56.2 Å². The van der Waals surface area contributed by atoms with Crippen molar-refractivity contribution in [3.63, 3.8) is 0 Å². The zero-order valence-corrected chi connectivity index (χ0v) is 22.6. The summed E-state index contributed by atoms with van der Waals surface area (Å²) >= 11 is 17.3. The van der Waals surface area contributed by atoms with Crippen molar-refractivity contribution in [1.29, 1.82) is 0 Å². The van der Waals surface area contributed by atoms with Crippen LogP contribution in [-0.2, 0) is 32.5 Å². The molecule has 0 aliphatic heterocycles. The highest BCUT2D eigenvalue weighted by Crippen LogP contribution is 2.51. The van der Waals surface area contributed by atoms with Gasteiger partial charge in [-0.15, -0.1) is 34.8 Å². The molecule has 0 aromatic rings. The Morgan fingerprint density at radius 3 is 1.09 bits per heavy atom. The van der Waals surface area contributed by atoms with Gasteiger partial charge in [0, 0.05) is 16.7 Å². The van der Waals surface area contributed by atoms with Gasteiger partial charge in [-0.05, 0) is 40.0 Å². The molecule has 14 heteroatoms. The molecule has 35 heavy (non-hydrogen) atoms. The van der Waals surface area contributed by atoms with Crippen LogP contribution in [0.25, 0.3) is 0 Å². The lowest BCUT2D eigenvalue weighted by Crippen LogP contribution is -2.16. The maximum atomic E-state index is 13.1. The van der Waals surface area contributed by atoms with E-state index < -0.39 is 41.9 Å². The van der Waals surface area contributed by atoms with Crippen LogP contribution >= 0.6 is 42.6 Å². The summed E-state index contributed by atoms with van der Waals surface area (Å²) in [7, 11) is -5.13. The molecule has 0 spiro atoms. The molecule has 3 N–H and O–H groups in total. The number of alkyl halides is 3. The smallest absolute Gasteiger partial charge is 0.395 e. The van der Waals surface area contributed by atoms with Gasteiger partial charge in [0.25, 0.3) is 0 Å². The predicted molar refractivity (Wildman–Crippen MR) is 131 cm³/mol. The molecular formula is C21H30Cl3O10P. The standard InChI is InChI=1S/C21H30Cl3O10P/c1-13(4-7-16(22)10-25)19(28)32-35(31,33-20(29)14(2)5-8-17(23)11-26)34-21(30)15(3)6-9-18(24)12-27/h4-6,16-18,25-27H,7-12H2,1-3H3/b13-4+,14-5+,15-6+. The average molecular weight is 580 g/mol. The molecule has 0 aliphatic rings. The number of rotatable bonds is 15. The first kappa shape index (κ1) is 33.6. The molecule has 0 heterocycles. The number of aliphatic hydroxyl groups is 3. The zero-order valence-electron chi connectivity index (χ0n) is 19.5. The molecular weight excluding hydrogens is 550 g/mol. The number of phosphoric acid groups is 1. The molecule has 200 valence electrons. The third-order valence-corrected chi connectivity index (χ3v) is 6.30. The van der Waals surface area contributed by atoms with E-state index in [1.54, 1.807) is 0 Å². The lowest BCUT2D eigenvalue weighted by Gasteiger charge is -2.17. The fourth-order valence-corrected chi connectivity index (χ4v) is 3.38. The van der Waals surface area contributed by atoms with Crippen molar-refractivity contribution in [2.75, 3.05) is 19.8 Å². The van der Waals surface area contributed by atoms with Crippen LogP contribution in [0, 0.1) is 0 Å². The van der Waals surface area contributed by atoms with Crippen LogP contribution in [0.15, 0.2) is 34.9 Å². The number of halogens is 3. The third-order valence-electron chi connectivity index (χ3n) is 4.18. The molecule has 3 unspecified atom stereocenters. The molecule has 0 saturated carbocycles. The van der Waals surface area contributed by atoms with Gasteiger partial charge >= 0.3 is 25.7 Å². The van der Waals surface area contributed by atoms with E-state index in [1.807, 2.05) is 0 Å². The molecule has 0 aromatic heterocycles. The number of aliphatic hydroxyl groups excluding tert-OH is 3. The number of carbonyl (C=O) groups is 3. The SMILES string of the molecule is C/C(=C\CC(Cl)CO)C(=O)OP(=O)(OC(=O)/C(C)=C/CC(Cl)CO)OC(=O)/C(C)=C/CC(Cl)CO. The molecule has 0 rings (SSSR count). The number of allylic oxidation sites excluding steroid dienone is 3. The first-order chi connectivity index (χ1) is 16.3. The molecule has 0 aromatic carbocycles. The second-order valence-electron chi connectivity index (χ2n) is 7.29. The first-order valence-electron chi connectivity index (χ1n) is 10.3. The fraction of sp³-hybridized carbons (Fsp3) is 0.571. The number of carbonyl (C=O) groups excluding carboxylic acids is 3. The predicted octanol–water partition coefficient (Wildman–Crippen LogP) is 3.53. The minimum Gasteiger partial charge on any atom is -0.395 e. The average Bonchev–Trinajstić information content (AvgIpc) is 2.82. The Hall–Kier alpha value is -1.39. The molecule has 0 fully saturated rings. The highest BCUT2D eigenvalue weighted by atomic mass is 35.5. The van der Waals surface area contributed by atoms with Gasteiger partial charge in [0.2, 0.25) is 0 Å². The van der Waals surface area contributed by atoms with Crippen molar-refractivity contribution >= 4 is 60.5 Å². The summed E-state index contributed by atoms with van der Waals surface area (Å²) < 4.78 is 27.4. The molecule has 0 bridgehead atoms. The van der Waals surface area contributed by atoms with Gasteiger partial charge in [-0.25, -0.2) is 14.4 Å². The Balaban J connectivity index is 5.77. The summed E-state index contributed by atoms with van der Waals surface area (Å²) in [5.41, 5.74) is -0.301. The monoisotopic (exact) mass is 578 g/mol. The Morgan fingerprint density at radius 1 is 0.657 bits per heavy atom. The van der Waals surface area contributed by atoms with Crippen molar-refractivity contribution in [3.8, 4) is 0 Å². The Labute approximate surface area is 219 Å². The van der Waals surface area contributed by atoms with Crippen LogP contribution in [0.1, 0.15) is 40.0 Å². The Bertz CT molecular complexity index is 762. The Kier molecular flexibility index (Phi) is 16.5. The summed E-state index contributed by atoms with van der Waals surface area (Å²) in [6.07, 6.45) is 4.10. The third kappa shape index (κ3) is 14.1. The Morgan fingerprint density at radius 2 is 0.886 bits per heavy atom. The molecule has 10 nitrogen and oxygen atoms in total. The molecule has 0 amide bonds. The van der Waals surface area contributed by atoms with Crippen LogP contribution in [0.3, 0.4) is 0 Å². The molecule has 3 atom stereocenters. The van der Waals surface area contributed by atoms with E-state index in [0.29, 0.717) is 0 Å². The summed E-state index contributed by atoms with van der Waals surface area (Å²) in [6.45, 7) is 2.80. The van der Waals surface area contributed by atoms with Crippen LogP contribution in [0.4, 0.5) is 0 Å². The number of phosphoric ester groups is 1. The lowest BCUT2D eigenvalue weighted by molar-refractivity contribution is -0.139. The molecule has 0 saturated heterocycles. The maximum absolute atomic E-state index is 13.1. The topological polar surface area (TPSA) is 157 Å². The van der Waals surface area contributed by atoms with Crippen molar-refractivity contribution in [3.05, 3.63) is 34.9 Å². The maximum Gasteiger partial charge on any atom is 0.654 e. The number of hydrogen-bond donors (Lipinski definition) is 3. The zero-order chi connectivity index (χ0) is 27.2. The van der Waals surface area contributed by atoms with Gasteiger partial charge in [-0.1, -0.05) is 18.2 Å². The summed E-state index contributed by atoms with van der Waals surface area (Å²) in [4.78, 5) is 37.2. The summed E-state index contributed by atoms with van der Waals surface area (Å²) in [5, 5.41) is 24.9.